The molecule has 34 heavy (non-hydrogen) atoms. The molecule has 0 atom stereocenters. The first-order chi connectivity index (χ1) is 16.4. The minimum Gasteiger partial charge on any atom is -0.462 e. The number of ether oxygens (including phenoxy) is 1. The van der Waals surface area contributed by atoms with Crippen LogP contribution in [0.5, 0.6) is 0 Å². The summed E-state index contributed by atoms with van der Waals surface area (Å²) in [6.07, 6.45) is 9.49. The molecule has 0 aliphatic rings. The molecule has 0 spiro atoms. The third-order valence-corrected chi connectivity index (χ3v) is 7.08. The molecule has 3 heterocycles. The van der Waals surface area contributed by atoms with Gasteiger partial charge in [0, 0.05) is 18.7 Å². The number of nitrogens with zero attached hydrogens (tertiary/aromatic N) is 5. The van der Waals surface area contributed by atoms with E-state index >= 15 is 0 Å². The summed E-state index contributed by atoms with van der Waals surface area (Å²) >= 11 is 1.58. The second-order valence-electron chi connectivity index (χ2n) is 9.15. The Morgan fingerprint density at radius 2 is 1.85 bits per heavy atom. The Kier molecular flexibility index (Phi) is 9.45. The monoisotopic (exact) mass is 485 g/mol. The van der Waals surface area contributed by atoms with Crippen molar-refractivity contribution >= 4 is 34.5 Å². The van der Waals surface area contributed by atoms with E-state index in [0.29, 0.717) is 41.3 Å². The van der Waals surface area contributed by atoms with Gasteiger partial charge in [0.25, 0.3) is 0 Å². The molecular weight excluding hydrogens is 446 g/mol. The summed E-state index contributed by atoms with van der Waals surface area (Å²) in [7, 11) is 0. The van der Waals surface area contributed by atoms with Crippen molar-refractivity contribution in [2.24, 2.45) is 5.92 Å². The van der Waals surface area contributed by atoms with Crippen LogP contribution in [0.1, 0.15) is 89.1 Å². The summed E-state index contributed by atoms with van der Waals surface area (Å²) in [6, 6.07) is 0. The average molecular weight is 486 g/mol. The lowest BCUT2D eigenvalue weighted by atomic mass is 10.0. The summed E-state index contributed by atoms with van der Waals surface area (Å²) < 4.78 is 7.33. The molecule has 0 saturated carbocycles. The van der Waals surface area contributed by atoms with Crippen LogP contribution in [0.25, 0.3) is 23.1 Å². The van der Waals surface area contributed by atoms with Gasteiger partial charge in [-0.15, -0.1) is 5.10 Å². The smallest absolute Gasteiger partial charge is 0.340 e. The third-order valence-electron chi connectivity index (χ3n) is 6.03. The van der Waals surface area contributed by atoms with Crippen molar-refractivity contribution in [3.05, 3.63) is 22.7 Å². The number of carbonyl (C=O) groups excluding carboxylic acids is 1. The van der Waals surface area contributed by atoms with E-state index in [2.05, 4.69) is 56.2 Å². The van der Waals surface area contributed by atoms with Gasteiger partial charge in [0.1, 0.15) is 5.00 Å². The predicted molar refractivity (Wildman–Crippen MR) is 141 cm³/mol. The van der Waals surface area contributed by atoms with E-state index in [9.17, 15) is 4.79 Å². The van der Waals surface area contributed by atoms with Crippen LogP contribution in [0.4, 0.5) is 5.00 Å². The summed E-state index contributed by atoms with van der Waals surface area (Å²) in [5.74, 6) is 0.603. The number of carbonyl (C=O) groups is 1. The number of aromatic nitrogens is 4. The van der Waals surface area contributed by atoms with Gasteiger partial charge in [0.15, 0.2) is 10.7 Å². The Morgan fingerprint density at radius 3 is 2.53 bits per heavy atom. The van der Waals surface area contributed by atoms with Crippen LogP contribution in [-0.2, 0) is 11.2 Å². The van der Waals surface area contributed by atoms with Crippen molar-refractivity contribution < 1.29 is 9.53 Å². The number of thiazole rings is 1. The first kappa shape index (κ1) is 26.1. The summed E-state index contributed by atoms with van der Waals surface area (Å²) in [4.78, 5) is 24.6. The fourth-order valence-corrected chi connectivity index (χ4v) is 5.16. The number of hydrogen-bond acceptors (Lipinski definition) is 7. The Balaban J connectivity index is 1.82. The van der Waals surface area contributed by atoms with Gasteiger partial charge < -0.3 is 9.64 Å². The molecule has 0 bridgehead atoms. The summed E-state index contributed by atoms with van der Waals surface area (Å²) in [5, 5.41) is 7.09. The van der Waals surface area contributed by atoms with Crippen LogP contribution in [0.2, 0.25) is 0 Å². The molecule has 0 saturated heterocycles. The summed E-state index contributed by atoms with van der Waals surface area (Å²) in [5.41, 5.74) is 2.07. The van der Waals surface area contributed by atoms with Gasteiger partial charge >= 0.3 is 5.97 Å². The number of unbranched alkanes of at least 4 members (excludes halogenated alkanes) is 5. The molecule has 0 aromatic carbocycles. The fourth-order valence-electron chi connectivity index (χ4n) is 4.19. The lowest BCUT2D eigenvalue weighted by Crippen LogP contribution is -2.20. The predicted octanol–water partition coefficient (Wildman–Crippen LogP) is 5.54. The van der Waals surface area contributed by atoms with E-state index in [1.165, 1.54) is 25.7 Å². The standard InChI is InChI=1S/C26H39N5O2S/c1-7-10-11-12-13-14-15-33-26(32)22-19(6)31-24(20(22)16-18(4)5)28-23(29-31)25-27-17-21(34-25)30(8-2)9-3/h17-18H,6-16H2,1-5H3. The maximum Gasteiger partial charge on any atom is 0.340 e. The summed E-state index contributed by atoms with van der Waals surface area (Å²) in [6.45, 7) is 17.2. The maximum atomic E-state index is 13.0. The Morgan fingerprint density at radius 1 is 1.15 bits per heavy atom. The Labute approximate surface area is 207 Å². The van der Waals surface area contributed by atoms with Crippen molar-refractivity contribution in [3.63, 3.8) is 0 Å². The zero-order valence-electron chi connectivity index (χ0n) is 21.4. The molecule has 3 aromatic heterocycles. The van der Waals surface area contributed by atoms with Crippen LogP contribution in [0.15, 0.2) is 6.20 Å². The number of esters is 1. The largest absolute Gasteiger partial charge is 0.462 e. The minimum absolute atomic E-state index is 0.318. The molecule has 0 amide bonds. The Bertz CT molecular complexity index is 1120. The first-order valence-corrected chi connectivity index (χ1v) is 13.5. The van der Waals surface area contributed by atoms with Gasteiger partial charge in [-0.2, -0.15) is 0 Å². The van der Waals surface area contributed by atoms with Gasteiger partial charge in [-0.05, 0) is 32.6 Å². The van der Waals surface area contributed by atoms with Crippen LogP contribution in [-0.4, -0.2) is 45.2 Å². The molecular formula is C26H39N5O2S. The van der Waals surface area contributed by atoms with Crippen molar-refractivity contribution in [3.8, 4) is 10.8 Å². The second-order valence-corrected chi connectivity index (χ2v) is 10.2. The maximum absolute atomic E-state index is 13.0. The highest BCUT2D eigenvalue weighted by Crippen LogP contribution is 2.30. The topological polar surface area (TPSA) is 72.6 Å². The van der Waals surface area contributed by atoms with Gasteiger partial charge in [-0.3, -0.25) is 0 Å². The highest BCUT2D eigenvalue weighted by Gasteiger charge is 2.25. The normalized spacial score (nSPS) is 11.6. The zero-order chi connectivity index (χ0) is 24.7. The molecule has 0 N–H and O–H groups in total. The number of fused-ring (bicyclic) bond motifs is 1. The van der Waals surface area contributed by atoms with E-state index in [1.807, 2.05) is 6.20 Å². The van der Waals surface area contributed by atoms with E-state index in [-0.39, 0.29) is 5.97 Å². The van der Waals surface area contributed by atoms with Gasteiger partial charge in [0.2, 0.25) is 5.82 Å². The molecule has 8 heteroatoms. The van der Waals surface area contributed by atoms with E-state index in [0.717, 1.165) is 41.5 Å². The highest BCUT2D eigenvalue weighted by molar-refractivity contribution is 7.18. The van der Waals surface area contributed by atoms with Crippen LogP contribution < -0.4 is 10.2 Å². The molecule has 3 rings (SSSR count). The third kappa shape index (κ3) is 5.95. The molecule has 0 fully saturated rings. The number of hydrogen-bond donors (Lipinski definition) is 0. The van der Waals surface area contributed by atoms with Crippen molar-refractivity contribution in [2.75, 3.05) is 24.6 Å². The number of anilines is 1. The van der Waals surface area contributed by atoms with Crippen molar-refractivity contribution in [2.45, 2.75) is 79.6 Å². The number of rotatable bonds is 14. The van der Waals surface area contributed by atoms with Gasteiger partial charge in [0.05, 0.1) is 23.7 Å². The quantitative estimate of drug-likeness (QED) is 0.220. The lowest BCUT2D eigenvalue weighted by molar-refractivity contribution is 0.0495. The van der Waals surface area contributed by atoms with E-state index in [4.69, 9.17) is 9.72 Å². The Hall–Kier alpha value is -2.48. The van der Waals surface area contributed by atoms with E-state index in [1.54, 1.807) is 15.9 Å². The van der Waals surface area contributed by atoms with Crippen LogP contribution >= 0.6 is 11.3 Å². The molecule has 0 aliphatic carbocycles. The molecule has 0 unspecified atom stereocenters. The highest BCUT2D eigenvalue weighted by atomic mass is 32.1. The van der Waals surface area contributed by atoms with E-state index < -0.39 is 0 Å². The van der Waals surface area contributed by atoms with Gasteiger partial charge in [-0.25, -0.2) is 19.3 Å². The molecule has 7 nitrogen and oxygen atoms in total. The average Bonchev–Trinajstić information content (AvgIpc) is 3.51. The fraction of sp³-hybridized carbons (Fsp3) is 0.615. The lowest BCUT2D eigenvalue weighted by Gasteiger charge is -2.17. The first-order valence-electron chi connectivity index (χ1n) is 12.7. The van der Waals surface area contributed by atoms with Gasteiger partial charge in [-0.1, -0.05) is 70.8 Å². The van der Waals surface area contributed by atoms with Crippen LogP contribution in [0.3, 0.4) is 0 Å². The minimum atomic E-state index is -0.318. The zero-order valence-corrected chi connectivity index (χ0v) is 22.2. The SMILES string of the molecule is C=c1c(C(=O)OCCCCCCCC)c(CC(C)C)c2nc(-c3ncc(N(CC)CC)s3)nn12. The van der Waals surface area contributed by atoms with Crippen molar-refractivity contribution in [1.82, 2.24) is 19.6 Å². The molecule has 0 aliphatic heterocycles. The second kappa shape index (κ2) is 12.3. The molecule has 186 valence electrons. The van der Waals surface area contributed by atoms with Crippen molar-refractivity contribution in [1.29, 1.82) is 0 Å². The van der Waals surface area contributed by atoms with Crippen LogP contribution in [0, 0.1) is 5.92 Å². The molecule has 3 aromatic rings. The molecule has 0 radical (unpaired) electrons.